The van der Waals surface area contributed by atoms with Crippen LogP contribution < -0.4 is 0 Å². The van der Waals surface area contributed by atoms with E-state index in [1.807, 2.05) is 32.7 Å². The van der Waals surface area contributed by atoms with Crippen molar-refractivity contribution < 1.29 is 14.2 Å². The van der Waals surface area contributed by atoms with Crippen LogP contribution in [0.1, 0.15) is 26.3 Å². The highest BCUT2D eigenvalue weighted by Crippen LogP contribution is 2.17. The van der Waals surface area contributed by atoms with E-state index in [0.29, 0.717) is 18.7 Å². The van der Waals surface area contributed by atoms with Crippen LogP contribution in [0.5, 0.6) is 0 Å². The van der Waals surface area contributed by atoms with E-state index in [0.717, 1.165) is 4.47 Å². The van der Waals surface area contributed by atoms with Gasteiger partial charge in [0.25, 0.3) is 0 Å². The molecule has 0 bridgehead atoms. The summed E-state index contributed by atoms with van der Waals surface area (Å²) in [7, 11) is 1.85. The zero-order valence-corrected chi connectivity index (χ0v) is 14.1. The van der Waals surface area contributed by atoms with Gasteiger partial charge in [-0.1, -0.05) is 15.9 Å². The Labute approximate surface area is 128 Å². The number of halogens is 2. The fourth-order valence-corrected chi connectivity index (χ4v) is 2.19. The molecule has 5 heteroatoms. The number of likely N-dealkylation sites (N-methyl/N-ethyl adjacent to an activating group) is 1. The number of ether oxygens (including phenoxy) is 1. The van der Waals surface area contributed by atoms with Gasteiger partial charge < -0.3 is 9.84 Å². The second kappa shape index (κ2) is 7.50. The average Bonchev–Trinajstić information content (AvgIpc) is 2.30. The Morgan fingerprint density at radius 1 is 1.40 bits per heavy atom. The largest absolute Gasteiger partial charge is 0.389 e. The van der Waals surface area contributed by atoms with Crippen LogP contribution in [0.2, 0.25) is 0 Å². The van der Waals surface area contributed by atoms with Gasteiger partial charge in [0.15, 0.2) is 0 Å². The summed E-state index contributed by atoms with van der Waals surface area (Å²) >= 11 is 3.33. The smallest absolute Gasteiger partial charge is 0.127 e. The van der Waals surface area contributed by atoms with Crippen LogP contribution in [0.4, 0.5) is 4.39 Å². The van der Waals surface area contributed by atoms with E-state index in [4.69, 9.17) is 4.74 Å². The van der Waals surface area contributed by atoms with Gasteiger partial charge in [-0.25, -0.2) is 4.39 Å². The van der Waals surface area contributed by atoms with Gasteiger partial charge in [-0.15, -0.1) is 0 Å². The first-order chi connectivity index (χ1) is 9.17. The summed E-state index contributed by atoms with van der Waals surface area (Å²) in [6.45, 7) is 6.98. The van der Waals surface area contributed by atoms with Crippen LogP contribution in [0.15, 0.2) is 22.7 Å². The van der Waals surface area contributed by atoms with Crippen molar-refractivity contribution in [1.82, 2.24) is 4.90 Å². The Balaban J connectivity index is 2.46. The first-order valence-electron chi connectivity index (χ1n) is 6.62. The van der Waals surface area contributed by atoms with E-state index in [1.54, 1.807) is 12.1 Å². The van der Waals surface area contributed by atoms with Crippen molar-refractivity contribution in [2.45, 2.75) is 39.0 Å². The van der Waals surface area contributed by atoms with Crippen molar-refractivity contribution in [1.29, 1.82) is 0 Å². The van der Waals surface area contributed by atoms with Gasteiger partial charge in [0.1, 0.15) is 5.82 Å². The molecule has 20 heavy (non-hydrogen) atoms. The third kappa shape index (κ3) is 6.79. The minimum atomic E-state index is -0.588. The Hall–Kier alpha value is -0.490. The highest BCUT2D eigenvalue weighted by atomic mass is 79.9. The number of aliphatic hydroxyl groups is 1. The van der Waals surface area contributed by atoms with E-state index < -0.39 is 6.10 Å². The van der Waals surface area contributed by atoms with Crippen LogP contribution in [-0.4, -0.2) is 41.9 Å². The first-order valence-corrected chi connectivity index (χ1v) is 7.41. The van der Waals surface area contributed by atoms with Crippen LogP contribution in [0.25, 0.3) is 0 Å². The van der Waals surface area contributed by atoms with Crippen molar-refractivity contribution >= 4 is 15.9 Å². The van der Waals surface area contributed by atoms with E-state index in [1.165, 1.54) is 6.07 Å². The zero-order valence-electron chi connectivity index (χ0n) is 12.5. The molecule has 1 atom stereocenters. The van der Waals surface area contributed by atoms with Gasteiger partial charge in [0, 0.05) is 23.1 Å². The van der Waals surface area contributed by atoms with Gasteiger partial charge in [-0.2, -0.15) is 0 Å². The Kier molecular flexibility index (Phi) is 6.58. The van der Waals surface area contributed by atoms with E-state index in [2.05, 4.69) is 15.9 Å². The number of rotatable bonds is 6. The number of nitrogens with zero attached hydrogens (tertiary/aromatic N) is 1. The molecule has 0 fully saturated rings. The Bertz CT molecular complexity index is 434. The molecule has 1 unspecified atom stereocenters. The van der Waals surface area contributed by atoms with E-state index >= 15 is 0 Å². The molecule has 1 rings (SSSR count). The third-order valence-electron chi connectivity index (χ3n) is 2.68. The lowest BCUT2D eigenvalue weighted by Crippen LogP contribution is -2.34. The summed E-state index contributed by atoms with van der Waals surface area (Å²) in [4.78, 5) is 1.88. The maximum Gasteiger partial charge on any atom is 0.127 e. The first kappa shape index (κ1) is 17.6. The summed E-state index contributed by atoms with van der Waals surface area (Å²) in [5.74, 6) is -0.236. The number of aliphatic hydroxyl groups excluding tert-OH is 1. The van der Waals surface area contributed by atoms with Gasteiger partial charge >= 0.3 is 0 Å². The van der Waals surface area contributed by atoms with Crippen molar-refractivity contribution in [2.24, 2.45) is 0 Å². The molecule has 0 aliphatic heterocycles. The molecular weight excluding hydrogens is 325 g/mol. The lowest BCUT2D eigenvalue weighted by molar-refractivity contribution is -0.0551. The van der Waals surface area contributed by atoms with Crippen LogP contribution in [-0.2, 0) is 11.3 Å². The highest BCUT2D eigenvalue weighted by molar-refractivity contribution is 9.10. The number of benzene rings is 1. The molecule has 1 N–H and O–H groups in total. The predicted octanol–water partition coefficient (Wildman–Crippen LogP) is 3.20. The molecule has 0 radical (unpaired) electrons. The molecule has 0 aromatic heterocycles. The monoisotopic (exact) mass is 347 g/mol. The fraction of sp³-hybridized carbons (Fsp3) is 0.600. The average molecular weight is 348 g/mol. The molecular formula is C15H23BrFNO2. The minimum Gasteiger partial charge on any atom is -0.389 e. The van der Waals surface area contributed by atoms with Gasteiger partial charge in [0.2, 0.25) is 0 Å². The molecule has 3 nitrogen and oxygen atoms in total. The number of hydrogen-bond donors (Lipinski definition) is 1. The molecule has 0 spiro atoms. The third-order valence-corrected chi connectivity index (χ3v) is 3.17. The Morgan fingerprint density at radius 3 is 2.65 bits per heavy atom. The second-order valence-corrected chi connectivity index (χ2v) is 6.93. The summed E-state index contributed by atoms with van der Waals surface area (Å²) in [6, 6.07) is 4.86. The molecule has 0 heterocycles. The SMILES string of the molecule is CN(Cc1cc(Br)ccc1F)CC(O)COC(C)(C)C. The van der Waals surface area contributed by atoms with Crippen molar-refractivity contribution in [2.75, 3.05) is 20.2 Å². The lowest BCUT2D eigenvalue weighted by Gasteiger charge is -2.25. The normalized spacial score (nSPS) is 13.8. The van der Waals surface area contributed by atoms with Crippen molar-refractivity contribution in [3.63, 3.8) is 0 Å². The predicted molar refractivity (Wildman–Crippen MR) is 82.1 cm³/mol. The van der Waals surface area contributed by atoms with Crippen LogP contribution in [0.3, 0.4) is 0 Å². The molecule has 1 aromatic rings. The topological polar surface area (TPSA) is 32.7 Å². The van der Waals surface area contributed by atoms with Gasteiger partial charge in [0.05, 0.1) is 18.3 Å². The van der Waals surface area contributed by atoms with Crippen LogP contribution >= 0.6 is 15.9 Å². The number of hydrogen-bond acceptors (Lipinski definition) is 3. The molecule has 114 valence electrons. The maximum absolute atomic E-state index is 13.6. The summed E-state index contributed by atoms with van der Waals surface area (Å²) < 4.78 is 20.0. The van der Waals surface area contributed by atoms with Crippen LogP contribution in [0, 0.1) is 5.82 Å². The van der Waals surface area contributed by atoms with Crippen molar-refractivity contribution in [3.8, 4) is 0 Å². The standard InChI is InChI=1S/C15H23BrFNO2/c1-15(2,3)20-10-13(19)9-18(4)8-11-7-12(16)5-6-14(11)17/h5-7,13,19H,8-10H2,1-4H3. The zero-order chi connectivity index (χ0) is 15.3. The second-order valence-electron chi connectivity index (χ2n) is 6.01. The lowest BCUT2D eigenvalue weighted by atomic mass is 10.2. The fourth-order valence-electron chi connectivity index (χ4n) is 1.78. The summed E-state index contributed by atoms with van der Waals surface area (Å²) in [6.07, 6.45) is -0.588. The van der Waals surface area contributed by atoms with E-state index in [-0.39, 0.29) is 18.0 Å². The van der Waals surface area contributed by atoms with E-state index in [9.17, 15) is 9.50 Å². The summed E-state index contributed by atoms with van der Waals surface area (Å²) in [5.41, 5.74) is 0.335. The Morgan fingerprint density at radius 2 is 2.05 bits per heavy atom. The molecule has 0 saturated heterocycles. The molecule has 0 aliphatic carbocycles. The molecule has 0 saturated carbocycles. The maximum atomic E-state index is 13.6. The van der Waals surface area contributed by atoms with Gasteiger partial charge in [-0.05, 0) is 46.0 Å². The quantitative estimate of drug-likeness (QED) is 0.857. The molecule has 1 aromatic carbocycles. The van der Waals surface area contributed by atoms with Gasteiger partial charge in [-0.3, -0.25) is 4.90 Å². The van der Waals surface area contributed by atoms with Crippen molar-refractivity contribution in [3.05, 3.63) is 34.1 Å². The minimum absolute atomic E-state index is 0.236. The molecule has 0 amide bonds. The summed E-state index contributed by atoms with van der Waals surface area (Å²) in [5, 5.41) is 9.92. The highest BCUT2D eigenvalue weighted by Gasteiger charge is 2.15. The molecule has 0 aliphatic rings.